The van der Waals surface area contributed by atoms with E-state index in [0.717, 1.165) is 5.56 Å². The minimum atomic E-state index is -3.94. The fourth-order valence-electron chi connectivity index (χ4n) is 2.47. The molecule has 0 atom stereocenters. The molecule has 2 rings (SSSR count). The van der Waals surface area contributed by atoms with Crippen molar-refractivity contribution in [2.24, 2.45) is 0 Å². The lowest BCUT2D eigenvalue weighted by Crippen LogP contribution is -2.31. The summed E-state index contributed by atoms with van der Waals surface area (Å²) in [5.74, 6) is 0.663. The first-order valence-electron chi connectivity index (χ1n) is 7.99. The maximum Gasteiger partial charge on any atom is 0.266 e. The van der Waals surface area contributed by atoms with Crippen LogP contribution in [0.4, 0.5) is 5.69 Å². The summed E-state index contributed by atoms with van der Waals surface area (Å²) in [6.45, 7) is 7.91. The van der Waals surface area contributed by atoms with E-state index in [0.29, 0.717) is 17.4 Å². The second kappa shape index (κ2) is 8.33. The van der Waals surface area contributed by atoms with Crippen molar-refractivity contribution in [3.63, 3.8) is 0 Å². The molecule has 4 nitrogen and oxygen atoms in total. The van der Waals surface area contributed by atoms with Gasteiger partial charge in [0, 0.05) is 0 Å². The number of benzene rings is 2. The molecule has 2 aromatic rings. The monoisotopic (exact) mass is 413 g/mol. The van der Waals surface area contributed by atoms with Crippen LogP contribution in [0, 0.1) is 0 Å². The molecule has 0 heterocycles. The number of halogens is 2. The van der Waals surface area contributed by atoms with Gasteiger partial charge in [-0.05, 0) is 35.7 Å². The van der Waals surface area contributed by atoms with Gasteiger partial charge in [-0.25, -0.2) is 8.42 Å². The van der Waals surface area contributed by atoms with Gasteiger partial charge in [0.05, 0.1) is 24.4 Å². The summed E-state index contributed by atoms with van der Waals surface area (Å²) in [4.78, 5) is -0.0836. The van der Waals surface area contributed by atoms with Crippen molar-refractivity contribution in [2.75, 3.05) is 18.0 Å². The number of nitrogens with zero attached hydrogens (tertiary/aromatic N) is 1. The zero-order chi connectivity index (χ0) is 19.5. The van der Waals surface area contributed by atoms with Gasteiger partial charge in [-0.15, -0.1) is 6.58 Å². The second-order valence-electron chi connectivity index (χ2n) is 5.96. The van der Waals surface area contributed by atoms with Gasteiger partial charge in [0.2, 0.25) is 0 Å². The lowest BCUT2D eigenvalue weighted by atomic mass is 10.0. The molecule has 0 spiro atoms. The van der Waals surface area contributed by atoms with Crippen LogP contribution in [-0.4, -0.2) is 22.1 Å². The predicted octanol–water partition coefficient (Wildman–Crippen LogP) is 5.51. The Morgan fingerprint density at radius 3 is 2.23 bits per heavy atom. The van der Waals surface area contributed by atoms with Gasteiger partial charge in [-0.1, -0.05) is 55.3 Å². The summed E-state index contributed by atoms with van der Waals surface area (Å²) in [6.07, 6.45) is 1.52. The number of rotatable bonds is 7. The zero-order valence-electron chi connectivity index (χ0n) is 14.9. The molecular weight excluding hydrogens is 393 g/mol. The van der Waals surface area contributed by atoms with Crippen LogP contribution in [0.1, 0.15) is 25.3 Å². The van der Waals surface area contributed by atoms with E-state index < -0.39 is 10.0 Å². The molecule has 0 saturated carbocycles. The van der Waals surface area contributed by atoms with Crippen molar-refractivity contribution in [3.05, 3.63) is 64.7 Å². The van der Waals surface area contributed by atoms with Crippen LogP contribution in [0.15, 0.2) is 53.9 Å². The Kier molecular flexibility index (Phi) is 6.61. The van der Waals surface area contributed by atoms with Gasteiger partial charge < -0.3 is 4.74 Å². The molecule has 140 valence electrons. The standard InChI is InChI=1S/C19H21Cl2NO3S/c1-5-12-22(15-8-6-14(7-9-15)13(2)3)26(23,24)17-11-10-16(25-4)18(20)19(17)21/h5-11,13H,1,12H2,2-4H3. The van der Waals surface area contributed by atoms with Crippen LogP contribution in [-0.2, 0) is 10.0 Å². The molecule has 0 saturated heterocycles. The van der Waals surface area contributed by atoms with Gasteiger partial charge in [0.1, 0.15) is 15.7 Å². The Hall–Kier alpha value is -1.69. The molecule has 26 heavy (non-hydrogen) atoms. The Morgan fingerprint density at radius 2 is 1.73 bits per heavy atom. The minimum absolute atomic E-state index is 0.0592. The van der Waals surface area contributed by atoms with E-state index in [4.69, 9.17) is 27.9 Å². The van der Waals surface area contributed by atoms with Crippen LogP contribution in [0.25, 0.3) is 0 Å². The number of hydrogen-bond donors (Lipinski definition) is 0. The van der Waals surface area contributed by atoms with Crippen molar-refractivity contribution in [3.8, 4) is 5.75 Å². The van der Waals surface area contributed by atoms with E-state index in [2.05, 4.69) is 20.4 Å². The normalized spacial score (nSPS) is 11.5. The summed E-state index contributed by atoms with van der Waals surface area (Å²) in [7, 11) is -2.50. The molecule has 0 fully saturated rings. The fraction of sp³-hybridized carbons (Fsp3) is 0.263. The number of sulfonamides is 1. The quantitative estimate of drug-likeness (QED) is 0.562. The van der Waals surface area contributed by atoms with Crippen molar-refractivity contribution < 1.29 is 13.2 Å². The molecule has 0 aliphatic heterocycles. The maximum atomic E-state index is 13.2. The lowest BCUT2D eigenvalue weighted by Gasteiger charge is -2.24. The first-order valence-corrected chi connectivity index (χ1v) is 10.2. The van der Waals surface area contributed by atoms with Crippen LogP contribution in [0.2, 0.25) is 10.0 Å². The Morgan fingerprint density at radius 1 is 1.12 bits per heavy atom. The first kappa shape index (κ1) is 20.6. The lowest BCUT2D eigenvalue weighted by molar-refractivity contribution is 0.414. The minimum Gasteiger partial charge on any atom is -0.495 e. The molecule has 0 aliphatic rings. The van der Waals surface area contributed by atoms with E-state index in [1.165, 1.54) is 29.6 Å². The van der Waals surface area contributed by atoms with Gasteiger partial charge in [0.15, 0.2) is 0 Å². The van der Waals surface area contributed by atoms with E-state index in [1.54, 1.807) is 12.1 Å². The van der Waals surface area contributed by atoms with Crippen LogP contribution in [0.3, 0.4) is 0 Å². The molecule has 0 bridgehead atoms. The number of ether oxygens (including phenoxy) is 1. The summed E-state index contributed by atoms with van der Waals surface area (Å²) >= 11 is 12.3. The van der Waals surface area contributed by atoms with Crippen molar-refractivity contribution in [2.45, 2.75) is 24.7 Å². The largest absolute Gasteiger partial charge is 0.495 e. The highest BCUT2D eigenvalue weighted by atomic mass is 35.5. The van der Waals surface area contributed by atoms with Gasteiger partial charge in [-0.3, -0.25) is 4.31 Å². The van der Waals surface area contributed by atoms with Gasteiger partial charge in [0.25, 0.3) is 10.0 Å². The average molecular weight is 414 g/mol. The Balaban J connectivity index is 2.55. The summed E-state index contributed by atoms with van der Waals surface area (Å²) < 4.78 is 32.7. The summed E-state index contributed by atoms with van der Waals surface area (Å²) in [5, 5.41) is -0.0113. The third-order valence-electron chi connectivity index (χ3n) is 3.94. The van der Waals surface area contributed by atoms with E-state index in [9.17, 15) is 8.42 Å². The van der Waals surface area contributed by atoms with Gasteiger partial charge >= 0.3 is 0 Å². The third-order valence-corrected chi connectivity index (χ3v) is 6.75. The summed E-state index contributed by atoms with van der Waals surface area (Å²) in [6, 6.07) is 10.2. The van der Waals surface area contributed by atoms with E-state index >= 15 is 0 Å². The SMILES string of the molecule is C=CCN(c1ccc(C(C)C)cc1)S(=O)(=O)c1ccc(OC)c(Cl)c1Cl. The summed E-state index contributed by atoms with van der Waals surface area (Å²) in [5.41, 5.74) is 1.65. The Bertz CT molecular complexity index is 894. The third kappa shape index (κ3) is 4.00. The Labute approximate surface area is 165 Å². The molecule has 0 radical (unpaired) electrons. The average Bonchev–Trinajstić information content (AvgIpc) is 2.61. The molecule has 2 aromatic carbocycles. The van der Waals surface area contributed by atoms with Crippen molar-refractivity contribution in [1.82, 2.24) is 0 Å². The molecule has 0 N–H and O–H groups in total. The molecule has 0 amide bonds. The predicted molar refractivity (Wildman–Crippen MR) is 108 cm³/mol. The van der Waals surface area contributed by atoms with Crippen molar-refractivity contribution in [1.29, 1.82) is 0 Å². The molecule has 0 unspecified atom stereocenters. The van der Waals surface area contributed by atoms with Crippen molar-refractivity contribution >= 4 is 38.9 Å². The van der Waals surface area contributed by atoms with Crippen LogP contribution < -0.4 is 9.04 Å². The number of methoxy groups -OCH3 is 1. The van der Waals surface area contributed by atoms with Crippen LogP contribution in [0.5, 0.6) is 5.75 Å². The molecular formula is C19H21Cl2NO3S. The molecule has 7 heteroatoms. The maximum absolute atomic E-state index is 13.2. The number of hydrogen-bond acceptors (Lipinski definition) is 3. The molecule has 0 aromatic heterocycles. The number of anilines is 1. The smallest absolute Gasteiger partial charge is 0.266 e. The molecule has 0 aliphatic carbocycles. The first-order chi connectivity index (χ1) is 12.2. The van der Waals surface area contributed by atoms with Gasteiger partial charge in [-0.2, -0.15) is 0 Å². The topological polar surface area (TPSA) is 46.6 Å². The zero-order valence-corrected chi connectivity index (χ0v) is 17.2. The van der Waals surface area contributed by atoms with E-state index in [-0.39, 0.29) is 21.5 Å². The highest BCUT2D eigenvalue weighted by molar-refractivity contribution is 7.93. The van der Waals surface area contributed by atoms with E-state index in [1.807, 2.05) is 12.1 Å². The fourth-order valence-corrected chi connectivity index (χ4v) is 4.73. The second-order valence-corrected chi connectivity index (χ2v) is 8.55. The van der Waals surface area contributed by atoms with Crippen LogP contribution >= 0.6 is 23.2 Å². The highest BCUT2D eigenvalue weighted by Gasteiger charge is 2.28. The highest BCUT2D eigenvalue weighted by Crippen LogP contribution is 2.38.